The fourth-order valence-electron chi connectivity index (χ4n) is 3.56. The summed E-state index contributed by atoms with van der Waals surface area (Å²) in [4.78, 5) is 8.92. The Bertz CT molecular complexity index is 1300. The molecule has 0 saturated carbocycles. The van der Waals surface area contributed by atoms with Crippen LogP contribution in [0.5, 0.6) is 5.75 Å². The van der Waals surface area contributed by atoms with Crippen LogP contribution >= 0.6 is 0 Å². The van der Waals surface area contributed by atoms with E-state index in [1.165, 1.54) is 5.56 Å². The fourth-order valence-corrected chi connectivity index (χ4v) is 3.56. The van der Waals surface area contributed by atoms with Gasteiger partial charge in [0.2, 0.25) is 5.95 Å². The lowest BCUT2D eigenvalue weighted by molar-refractivity contribution is 0.419. The average molecular weight is 355 g/mol. The van der Waals surface area contributed by atoms with Crippen LogP contribution in [0.3, 0.4) is 0 Å². The summed E-state index contributed by atoms with van der Waals surface area (Å²) < 4.78 is 7.12. The van der Waals surface area contributed by atoms with E-state index in [9.17, 15) is 0 Å². The minimum absolute atomic E-state index is 0.341. The molecule has 0 atom stereocenters. The molecule has 5 rings (SSSR count). The fraction of sp³-hybridized carbons (Fsp3) is 0.0952. The molecule has 0 fully saturated rings. The molecule has 2 aromatic carbocycles. The Morgan fingerprint density at radius 3 is 2.78 bits per heavy atom. The standard InChI is InChI=1S/C21H17N5O/c1-27-19-8-4-6-16-18-12-14(25-26(18)21(22)24-20(16)19)11-13-9-10-23-17-7-3-2-5-15(13)17/h2-10,12H,11H2,1H3,(H2,22,24). The first-order chi connectivity index (χ1) is 13.2. The smallest absolute Gasteiger partial charge is 0.222 e. The minimum atomic E-state index is 0.341. The summed E-state index contributed by atoms with van der Waals surface area (Å²) in [6, 6.07) is 18.1. The number of para-hydroxylation sites is 2. The van der Waals surface area contributed by atoms with Gasteiger partial charge in [0.25, 0.3) is 0 Å². The molecule has 6 nitrogen and oxygen atoms in total. The summed E-state index contributed by atoms with van der Waals surface area (Å²) in [5, 5.41) is 6.78. The van der Waals surface area contributed by atoms with Crippen molar-refractivity contribution in [2.45, 2.75) is 6.42 Å². The van der Waals surface area contributed by atoms with Gasteiger partial charge in [0.05, 0.1) is 23.8 Å². The number of nitrogens with two attached hydrogens (primary N) is 1. The number of hydrogen-bond acceptors (Lipinski definition) is 5. The summed E-state index contributed by atoms with van der Waals surface area (Å²) in [5.74, 6) is 1.04. The van der Waals surface area contributed by atoms with Gasteiger partial charge in [-0.1, -0.05) is 30.3 Å². The number of benzene rings is 2. The summed E-state index contributed by atoms with van der Waals surface area (Å²) in [6.07, 6.45) is 2.53. The van der Waals surface area contributed by atoms with Crippen LogP contribution in [-0.4, -0.2) is 26.7 Å². The van der Waals surface area contributed by atoms with Crippen LogP contribution in [-0.2, 0) is 6.42 Å². The van der Waals surface area contributed by atoms with Crippen molar-refractivity contribution in [3.63, 3.8) is 0 Å². The van der Waals surface area contributed by atoms with E-state index in [-0.39, 0.29) is 0 Å². The van der Waals surface area contributed by atoms with Gasteiger partial charge in [-0.3, -0.25) is 4.98 Å². The van der Waals surface area contributed by atoms with Gasteiger partial charge in [-0.15, -0.1) is 0 Å². The van der Waals surface area contributed by atoms with Crippen molar-refractivity contribution in [1.29, 1.82) is 0 Å². The Morgan fingerprint density at radius 2 is 1.89 bits per heavy atom. The van der Waals surface area contributed by atoms with Crippen LogP contribution in [0, 0.1) is 0 Å². The van der Waals surface area contributed by atoms with Crippen molar-refractivity contribution in [2.24, 2.45) is 0 Å². The van der Waals surface area contributed by atoms with Crippen LogP contribution in [0.1, 0.15) is 11.3 Å². The molecule has 3 heterocycles. The number of methoxy groups -OCH3 is 1. The maximum Gasteiger partial charge on any atom is 0.222 e. The Hall–Kier alpha value is -3.67. The minimum Gasteiger partial charge on any atom is -0.494 e. The molecule has 0 spiro atoms. The first-order valence-corrected chi connectivity index (χ1v) is 8.68. The number of aromatic nitrogens is 4. The van der Waals surface area contributed by atoms with Crippen molar-refractivity contribution in [3.05, 3.63) is 72.1 Å². The number of rotatable bonds is 3. The van der Waals surface area contributed by atoms with E-state index >= 15 is 0 Å². The maximum atomic E-state index is 6.17. The summed E-state index contributed by atoms with van der Waals surface area (Å²) in [7, 11) is 1.63. The van der Waals surface area contributed by atoms with Gasteiger partial charge < -0.3 is 10.5 Å². The highest BCUT2D eigenvalue weighted by Gasteiger charge is 2.14. The molecular formula is C21H17N5O. The van der Waals surface area contributed by atoms with E-state index in [0.29, 0.717) is 18.1 Å². The van der Waals surface area contributed by atoms with Gasteiger partial charge in [0.1, 0.15) is 11.3 Å². The lowest BCUT2D eigenvalue weighted by atomic mass is 10.0. The van der Waals surface area contributed by atoms with Gasteiger partial charge in [0.15, 0.2) is 0 Å². The molecule has 0 aliphatic carbocycles. The predicted molar refractivity (Wildman–Crippen MR) is 106 cm³/mol. The third-order valence-corrected chi connectivity index (χ3v) is 4.81. The van der Waals surface area contributed by atoms with E-state index in [2.05, 4.69) is 27.2 Å². The lowest BCUT2D eigenvalue weighted by Crippen LogP contribution is -2.03. The van der Waals surface area contributed by atoms with Crippen molar-refractivity contribution < 1.29 is 4.74 Å². The number of nitrogens with zero attached hydrogens (tertiary/aromatic N) is 4. The Morgan fingerprint density at radius 1 is 1.04 bits per heavy atom. The van der Waals surface area contributed by atoms with E-state index in [1.807, 2.05) is 48.7 Å². The van der Waals surface area contributed by atoms with Gasteiger partial charge >= 0.3 is 0 Å². The highest BCUT2D eigenvalue weighted by atomic mass is 16.5. The third-order valence-electron chi connectivity index (χ3n) is 4.81. The lowest BCUT2D eigenvalue weighted by Gasteiger charge is -2.07. The zero-order valence-corrected chi connectivity index (χ0v) is 14.8. The third kappa shape index (κ3) is 2.45. The first-order valence-electron chi connectivity index (χ1n) is 8.68. The van der Waals surface area contributed by atoms with E-state index in [4.69, 9.17) is 10.5 Å². The second-order valence-electron chi connectivity index (χ2n) is 6.42. The Balaban J connectivity index is 1.68. The molecule has 0 amide bonds. The molecule has 0 radical (unpaired) electrons. The largest absolute Gasteiger partial charge is 0.494 e. The van der Waals surface area contributed by atoms with Crippen LogP contribution in [0.25, 0.3) is 27.3 Å². The topological polar surface area (TPSA) is 78.3 Å². The van der Waals surface area contributed by atoms with Gasteiger partial charge in [-0.25, -0.2) is 4.98 Å². The van der Waals surface area contributed by atoms with Gasteiger partial charge in [-0.2, -0.15) is 9.61 Å². The second-order valence-corrected chi connectivity index (χ2v) is 6.42. The molecule has 132 valence electrons. The molecule has 0 saturated heterocycles. The summed E-state index contributed by atoms with van der Waals surface area (Å²) in [5.41, 5.74) is 10.9. The second kappa shape index (κ2) is 5.95. The molecule has 2 N–H and O–H groups in total. The normalized spacial score (nSPS) is 11.4. The number of hydrogen-bond donors (Lipinski definition) is 1. The van der Waals surface area contributed by atoms with Crippen LogP contribution < -0.4 is 10.5 Å². The molecule has 0 unspecified atom stereocenters. The highest BCUT2D eigenvalue weighted by Crippen LogP contribution is 2.29. The molecule has 27 heavy (non-hydrogen) atoms. The van der Waals surface area contributed by atoms with Crippen molar-refractivity contribution in [3.8, 4) is 5.75 Å². The van der Waals surface area contributed by atoms with Crippen molar-refractivity contribution >= 4 is 33.3 Å². The number of pyridine rings is 1. The van der Waals surface area contributed by atoms with E-state index in [1.54, 1.807) is 11.6 Å². The Labute approximate surface area is 155 Å². The molecule has 0 bridgehead atoms. The highest BCUT2D eigenvalue weighted by molar-refractivity contribution is 5.97. The van der Waals surface area contributed by atoms with Crippen LogP contribution in [0.2, 0.25) is 0 Å². The van der Waals surface area contributed by atoms with E-state index in [0.717, 1.165) is 33.0 Å². The number of nitrogen functional groups attached to an aromatic ring is 1. The summed E-state index contributed by atoms with van der Waals surface area (Å²) >= 11 is 0. The van der Waals surface area contributed by atoms with Gasteiger partial charge in [-0.05, 0) is 29.8 Å². The predicted octanol–water partition coefficient (Wildman–Crippen LogP) is 3.61. The molecule has 5 aromatic rings. The zero-order chi connectivity index (χ0) is 18.4. The molecule has 0 aliphatic heterocycles. The Kier molecular flexibility index (Phi) is 3.43. The number of ether oxygens (including phenoxy) is 1. The molecule has 0 aliphatic rings. The quantitative estimate of drug-likeness (QED) is 0.535. The molecule has 6 heteroatoms. The monoisotopic (exact) mass is 355 g/mol. The maximum absolute atomic E-state index is 6.17. The number of fused-ring (bicyclic) bond motifs is 4. The SMILES string of the molecule is COc1cccc2c1nc(N)n1nc(Cc3ccnc4ccccc34)cc21. The van der Waals surface area contributed by atoms with Crippen molar-refractivity contribution in [2.75, 3.05) is 12.8 Å². The average Bonchev–Trinajstić information content (AvgIpc) is 3.13. The zero-order valence-electron chi connectivity index (χ0n) is 14.8. The number of anilines is 1. The molecular weight excluding hydrogens is 338 g/mol. The van der Waals surface area contributed by atoms with Crippen molar-refractivity contribution in [1.82, 2.24) is 19.6 Å². The first kappa shape index (κ1) is 15.6. The van der Waals surface area contributed by atoms with Gasteiger partial charge in [0, 0.05) is 23.4 Å². The van der Waals surface area contributed by atoms with Crippen LogP contribution in [0.4, 0.5) is 5.95 Å². The van der Waals surface area contributed by atoms with E-state index < -0.39 is 0 Å². The van der Waals surface area contributed by atoms with Crippen LogP contribution in [0.15, 0.2) is 60.8 Å². The summed E-state index contributed by atoms with van der Waals surface area (Å²) in [6.45, 7) is 0. The molecule has 3 aromatic heterocycles.